The van der Waals surface area contributed by atoms with Crippen LogP contribution in [0.5, 0.6) is 0 Å². The first-order valence-electron chi connectivity index (χ1n) is 7.69. The van der Waals surface area contributed by atoms with Gasteiger partial charge in [0.1, 0.15) is 16.9 Å². The van der Waals surface area contributed by atoms with Crippen LogP contribution in [0.1, 0.15) is 11.3 Å². The Morgan fingerprint density at radius 1 is 0.885 bits per heavy atom. The van der Waals surface area contributed by atoms with Crippen LogP contribution in [0.4, 0.5) is 4.79 Å². The quantitative estimate of drug-likeness (QED) is 0.500. The summed E-state index contributed by atoms with van der Waals surface area (Å²) in [6.07, 6.45) is 0. The Balaban J connectivity index is 1.99. The number of nitrogens with one attached hydrogen (secondary N) is 2. The van der Waals surface area contributed by atoms with Crippen molar-refractivity contribution in [2.45, 2.75) is 0 Å². The summed E-state index contributed by atoms with van der Waals surface area (Å²) in [5, 5.41) is 5.05. The molecule has 1 saturated heterocycles. The maximum atomic E-state index is 12.4. The molecule has 26 heavy (non-hydrogen) atoms. The van der Waals surface area contributed by atoms with E-state index in [9.17, 15) is 14.4 Å². The van der Waals surface area contributed by atoms with Crippen molar-refractivity contribution in [3.63, 3.8) is 0 Å². The zero-order valence-electron chi connectivity index (χ0n) is 13.2. The first-order valence-corrected chi connectivity index (χ1v) is 8.48. The fourth-order valence-electron chi connectivity index (χ4n) is 2.82. The molecule has 7 heteroatoms. The summed E-state index contributed by atoms with van der Waals surface area (Å²) in [4.78, 5) is 36.2. The second-order valence-corrected chi connectivity index (χ2v) is 6.56. The van der Waals surface area contributed by atoms with Crippen molar-refractivity contribution in [2.24, 2.45) is 0 Å². The molecule has 2 N–H and O–H groups in total. The minimum Gasteiger partial charge on any atom is -0.456 e. The third kappa shape index (κ3) is 2.82. The van der Waals surface area contributed by atoms with E-state index in [1.54, 1.807) is 36.4 Å². The van der Waals surface area contributed by atoms with E-state index >= 15 is 0 Å². The van der Waals surface area contributed by atoms with Gasteiger partial charge in [-0.3, -0.25) is 20.2 Å². The van der Waals surface area contributed by atoms with E-state index in [-0.39, 0.29) is 5.57 Å². The lowest BCUT2D eigenvalue weighted by molar-refractivity contribution is -0.123. The van der Waals surface area contributed by atoms with Gasteiger partial charge in [0.2, 0.25) is 0 Å². The van der Waals surface area contributed by atoms with E-state index in [0.717, 1.165) is 9.86 Å². The average Bonchev–Trinajstić information content (AvgIpc) is 3.02. The van der Waals surface area contributed by atoms with Crippen molar-refractivity contribution in [3.05, 3.63) is 76.0 Å². The van der Waals surface area contributed by atoms with E-state index in [1.165, 1.54) is 0 Å². The van der Waals surface area contributed by atoms with Crippen LogP contribution in [0.2, 0.25) is 0 Å². The summed E-state index contributed by atoms with van der Waals surface area (Å²) in [6.45, 7) is 0. The van der Waals surface area contributed by atoms with Gasteiger partial charge in [0, 0.05) is 15.4 Å². The van der Waals surface area contributed by atoms with Crippen molar-refractivity contribution >= 4 is 50.3 Å². The Morgan fingerprint density at radius 3 is 2.19 bits per heavy atom. The Hall–Kier alpha value is -3.19. The molecule has 0 spiro atoms. The van der Waals surface area contributed by atoms with Crippen molar-refractivity contribution in [1.29, 1.82) is 0 Å². The number of imide groups is 2. The molecule has 0 atom stereocenters. The van der Waals surface area contributed by atoms with Crippen LogP contribution < -0.4 is 10.6 Å². The molecular weight excluding hydrogens is 400 g/mol. The molecule has 6 nitrogen and oxygen atoms in total. The number of rotatable bonds is 2. The van der Waals surface area contributed by atoms with Crippen LogP contribution in [-0.4, -0.2) is 17.8 Å². The monoisotopic (exact) mass is 410 g/mol. The Labute approximate surface area is 156 Å². The van der Waals surface area contributed by atoms with E-state index in [4.69, 9.17) is 4.42 Å². The predicted octanol–water partition coefficient (Wildman–Crippen LogP) is 3.36. The zero-order valence-corrected chi connectivity index (χ0v) is 14.8. The van der Waals surface area contributed by atoms with Gasteiger partial charge in [0.25, 0.3) is 11.8 Å². The molecule has 4 rings (SSSR count). The van der Waals surface area contributed by atoms with E-state index in [2.05, 4.69) is 26.6 Å². The number of barbiturate groups is 1. The summed E-state index contributed by atoms with van der Waals surface area (Å²) >= 11 is 3.36. The van der Waals surface area contributed by atoms with E-state index in [0.29, 0.717) is 22.5 Å². The first kappa shape index (κ1) is 16.3. The van der Waals surface area contributed by atoms with Gasteiger partial charge in [-0.2, -0.15) is 0 Å². The van der Waals surface area contributed by atoms with E-state index in [1.807, 2.05) is 18.2 Å². The Bertz CT molecular complexity index is 1040. The summed E-state index contributed by atoms with van der Waals surface area (Å²) in [7, 11) is 0. The minimum absolute atomic E-state index is 0.175. The number of hydrogen-bond donors (Lipinski definition) is 2. The highest BCUT2D eigenvalue weighted by Crippen LogP contribution is 2.33. The van der Waals surface area contributed by atoms with Crippen LogP contribution in [0.15, 0.2) is 69.1 Å². The number of carbonyl (C=O) groups excluding carboxylic acids is 3. The van der Waals surface area contributed by atoms with Crippen LogP contribution >= 0.6 is 15.9 Å². The van der Waals surface area contributed by atoms with Gasteiger partial charge in [-0.1, -0.05) is 46.3 Å². The molecule has 1 aliphatic rings. The standard InChI is InChI=1S/C19H11BrN2O4/c20-12-7-5-10(6-8-12)15(16-17(23)21-19(25)22-18(16)24)14-9-11-3-1-2-4-13(11)26-14/h1-9H,(H2,21,22,23,24,25). The van der Waals surface area contributed by atoms with Gasteiger partial charge in [-0.25, -0.2) is 4.79 Å². The second kappa shape index (κ2) is 6.27. The summed E-state index contributed by atoms with van der Waals surface area (Å²) < 4.78 is 6.73. The van der Waals surface area contributed by atoms with Crippen LogP contribution in [0.25, 0.3) is 16.5 Å². The molecule has 1 fully saturated rings. The summed E-state index contributed by atoms with van der Waals surface area (Å²) in [5.41, 5.74) is 1.38. The maximum Gasteiger partial charge on any atom is 0.328 e. The molecule has 4 amide bonds. The number of amides is 4. The highest BCUT2D eigenvalue weighted by molar-refractivity contribution is 9.10. The topological polar surface area (TPSA) is 88.4 Å². The van der Waals surface area contributed by atoms with E-state index < -0.39 is 17.8 Å². The lowest BCUT2D eigenvalue weighted by Gasteiger charge is -2.17. The minimum atomic E-state index is -0.844. The van der Waals surface area contributed by atoms with Gasteiger partial charge >= 0.3 is 6.03 Å². The Kier molecular flexibility index (Phi) is 3.93. The molecule has 2 heterocycles. The zero-order chi connectivity index (χ0) is 18.3. The SMILES string of the molecule is O=C1NC(=O)C(=C(c2ccc(Br)cc2)c2cc3ccccc3o2)C(=O)N1. The van der Waals surface area contributed by atoms with Gasteiger partial charge in [0.15, 0.2) is 0 Å². The number of fused-ring (bicyclic) bond motifs is 1. The predicted molar refractivity (Wildman–Crippen MR) is 98.1 cm³/mol. The number of halogens is 1. The molecule has 0 bridgehead atoms. The number of urea groups is 1. The molecule has 0 unspecified atom stereocenters. The van der Waals surface area contributed by atoms with Gasteiger partial charge < -0.3 is 4.42 Å². The molecule has 0 radical (unpaired) electrons. The average molecular weight is 411 g/mol. The van der Waals surface area contributed by atoms with Gasteiger partial charge in [-0.15, -0.1) is 0 Å². The van der Waals surface area contributed by atoms with Gasteiger partial charge in [-0.05, 0) is 29.8 Å². The molecule has 2 aromatic carbocycles. The highest BCUT2D eigenvalue weighted by Gasteiger charge is 2.33. The molecule has 0 saturated carbocycles. The van der Waals surface area contributed by atoms with Crippen LogP contribution in [-0.2, 0) is 9.59 Å². The third-order valence-electron chi connectivity index (χ3n) is 3.96. The highest BCUT2D eigenvalue weighted by atomic mass is 79.9. The normalized spacial score (nSPS) is 14.3. The van der Waals surface area contributed by atoms with Crippen molar-refractivity contribution in [2.75, 3.05) is 0 Å². The maximum absolute atomic E-state index is 12.4. The summed E-state index contributed by atoms with van der Waals surface area (Å²) in [5.74, 6) is -1.17. The lowest BCUT2D eigenvalue weighted by atomic mass is 9.95. The summed E-state index contributed by atoms with van der Waals surface area (Å²) in [6, 6.07) is 15.4. The van der Waals surface area contributed by atoms with Crippen molar-refractivity contribution in [3.8, 4) is 0 Å². The van der Waals surface area contributed by atoms with Crippen molar-refractivity contribution < 1.29 is 18.8 Å². The largest absolute Gasteiger partial charge is 0.456 e. The fourth-order valence-corrected chi connectivity index (χ4v) is 3.09. The molecule has 0 aliphatic carbocycles. The second-order valence-electron chi connectivity index (χ2n) is 5.64. The first-order chi connectivity index (χ1) is 12.5. The molecular formula is C19H11BrN2O4. The number of hydrogen-bond acceptors (Lipinski definition) is 4. The molecule has 128 valence electrons. The number of benzene rings is 2. The third-order valence-corrected chi connectivity index (χ3v) is 4.49. The number of furan rings is 1. The number of carbonyl (C=O) groups is 3. The Morgan fingerprint density at radius 2 is 1.54 bits per heavy atom. The molecule has 1 aromatic heterocycles. The molecule has 3 aromatic rings. The number of para-hydroxylation sites is 1. The fraction of sp³-hybridized carbons (Fsp3) is 0. The molecule has 1 aliphatic heterocycles. The lowest BCUT2D eigenvalue weighted by Crippen LogP contribution is -2.51. The smallest absolute Gasteiger partial charge is 0.328 e. The van der Waals surface area contributed by atoms with Crippen molar-refractivity contribution in [1.82, 2.24) is 10.6 Å². The van der Waals surface area contributed by atoms with Crippen LogP contribution in [0.3, 0.4) is 0 Å². The van der Waals surface area contributed by atoms with Gasteiger partial charge in [0.05, 0.1) is 0 Å². The van der Waals surface area contributed by atoms with Crippen LogP contribution in [0, 0.1) is 0 Å².